The number of halogens is 1. The Bertz CT molecular complexity index is 529. The van der Waals surface area contributed by atoms with Crippen LogP contribution in [0.25, 0.3) is 11.5 Å². The maximum absolute atomic E-state index is 6.09. The van der Waals surface area contributed by atoms with Gasteiger partial charge in [-0.05, 0) is 38.7 Å². The molecule has 2 aromatic rings. The lowest BCUT2D eigenvalue weighted by Crippen LogP contribution is -2.21. The van der Waals surface area contributed by atoms with E-state index in [1.54, 1.807) is 6.07 Å². The van der Waals surface area contributed by atoms with Crippen LogP contribution in [0.1, 0.15) is 12.3 Å². The lowest BCUT2D eigenvalue weighted by molar-refractivity contribution is 0.288. The summed E-state index contributed by atoms with van der Waals surface area (Å²) in [6.07, 6.45) is 0.946. The molecule has 102 valence electrons. The summed E-state index contributed by atoms with van der Waals surface area (Å²) in [7, 11) is 2.00. The molecule has 1 aromatic heterocycles. The molecule has 6 heteroatoms. The molecule has 0 amide bonds. The second kappa shape index (κ2) is 6.65. The smallest absolute Gasteiger partial charge is 0.249 e. The van der Waals surface area contributed by atoms with Crippen molar-refractivity contribution in [2.24, 2.45) is 5.73 Å². The molecule has 1 heterocycles. The molecule has 0 unspecified atom stereocenters. The van der Waals surface area contributed by atoms with Crippen molar-refractivity contribution in [3.63, 3.8) is 0 Å². The molecule has 0 saturated heterocycles. The third-order valence-electron chi connectivity index (χ3n) is 2.72. The summed E-state index contributed by atoms with van der Waals surface area (Å²) >= 11 is 6.09. The van der Waals surface area contributed by atoms with E-state index in [1.807, 2.05) is 25.2 Å². The van der Waals surface area contributed by atoms with Gasteiger partial charge in [-0.15, -0.1) is 10.2 Å². The van der Waals surface area contributed by atoms with E-state index in [9.17, 15) is 0 Å². The highest BCUT2D eigenvalue weighted by atomic mass is 35.5. The fraction of sp³-hybridized carbons (Fsp3) is 0.385. The number of hydrogen-bond donors (Lipinski definition) is 1. The normalized spacial score (nSPS) is 11.2. The predicted octanol–water partition coefficient (Wildman–Crippen LogP) is 2.17. The van der Waals surface area contributed by atoms with Gasteiger partial charge in [-0.1, -0.05) is 23.7 Å². The highest BCUT2D eigenvalue weighted by Crippen LogP contribution is 2.26. The van der Waals surface area contributed by atoms with Crippen molar-refractivity contribution in [2.45, 2.75) is 13.0 Å². The van der Waals surface area contributed by atoms with Gasteiger partial charge in [-0.3, -0.25) is 4.90 Å². The first-order chi connectivity index (χ1) is 9.20. The average molecular weight is 281 g/mol. The Morgan fingerprint density at radius 1 is 1.32 bits per heavy atom. The summed E-state index contributed by atoms with van der Waals surface area (Å²) in [6.45, 7) is 2.19. The summed E-state index contributed by atoms with van der Waals surface area (Å²) in [5.74, 6) is 1.03. The second-order valence-corrected chi connectivity index (χ2v) is 4.77. The Labute approximate surface area is 117 Å². The standard InChI is InChI=1S/C13H17ClN4O/c1-18(8-4-7-15)9-12-16-17-13(19-12)10-5-2-3-6-11(10)14/h2-3,5-6H,4,7-9,15H2,1H3. The molecular weight excluding hydrogens is 264 g/mol. The zero-order valence-corrected chi connectivity index (χ0v) is 11.6. The van der Waals surface area contributed by atoms with Crippen molar-refractivity contribution in [3.05, 3.63) is 35.2 Å². The molecule has 0 spiro atoms. The van der Waals surface area contributed by atoms with Crippen LogP contribution in [0.4, 0.5) is 0 Å². The molecule has 2 rings (SSSR count). The van der Waals surface area contributed by atoms with Crippen molar-refractivity contribution in [2.75, 3.05) is 20.1 Å². The summed E-state index contributed by atoms with van der Waals surface area (Å²) in [5, 5.41) is 8.67. The number of nitrogens with two attached hydrogens (primary N) is 1. The van der Waals surface area contributed by atoms with E-state index in [4.69, 9.17) is 21.8 Å². The lowest BCUT2D eigenvalue weighted by atomic mass is 10.2. The molecule has 0 atom stereocenters. The van der Waals surface area contributed by atoms with Crippen LogP contribution in [-0.4, -0.2) is 35.2 Å². The van der Waals surface area contributed by atoms with Gasteiger partial charge in [0.1, 0.15) is 0 Å². The fourth-order valence-corrected chi connectivity index (χ4v) is 1.95. The Morgan fingerprint density at radius 2 is 2.11 bits per heavy atom. The van der Waals surface area contributed by atoms with E-state index in [0.29, 0.717) is 29.9 Å². The average Bonchev–Trinajstić information content (AvgIpc) is 2.85. The first-order valence-electron chi connectivity index (χ1n) is 6.16. The molecule has 1 aromatic carbocycles. The van der Waals surface area contributed by atoms with E-state index in [0.717, 1.165) is 18.5 Å². The summed E-state index contributed by atoms with van der Waals surface area (Å²) < 4.78 is 5.62. The maximum atomic E-state index is 6.09. The van der Waals surface area contributed by atoms with Crippen LogP contribution < -0.4 is 5.73 Å². The van der Waals surface area contributed by atoms with Crippen LogP contribution in [0, 0.1) is 0 Å². The second-order valence-electron chi connectivity index (χ2n) is 4.36. The van der Waals surface area contributed by atoms with Crippen LogP contribution in [0.15, 0.2) is 28.7 Å². The quantitative estimate of drug-likeness (QED) is 0.878. The van der Waals surface area contributed by atoms with Gasteiger partial charge in [-0.25, -0.2) is 0 Å². The van der Waals surface area contributed by atoms with Gasteiger partial charge in [0.2, 0.25) is 11.8 Å². The Hall–Kier alpha value is -1.43. The van der Waals surface area contributed by atoms with Gasteiger partial charge >= 0.3 is 0 Å². The fourth-order valence-electron chi connectivity index (χ4n) is 1.73. The Balaban J connectivity index is 2.05. The summed E-state index contributed by atoms with van der Waals surface area (Å²) in [4.78, 5) is 2.09. The molecule has 0 fully saturated rings. The van der Waals surface area contributed by atoms with Crippen LogP contribution in [0.3, 0.4) is 0 Å². The predicted molar refractivity (Wildman–Crippen MR) is 74.7 cm³/mol. The van der Waals surface area contributed by atoms with Gasteiger partial charge in [0.25, 0.3) is 0 Å². The topological polar surface area (TPSA) is 68.2 Å². The van der Waals surface area contributed by atoms with Gasteiger partial charge in [0, 0.05) is 0 Å². The van der Waals surface area contributed by atoms with Crippen LogP contribution in [0.2, 0.25) is 5.02 Å². The van der Waals surface area contributed by atoms with Crippen molar-refractivity contribution in [1.29, 1.82) is 0 Å². The van der Waals surface area contributed by atoms with E-state index < -0.39 is 0 Å². The Kier molecular flexibility index (Phi) is 4.90. The van der Waals surface area contributed by atoms with E-state index >= 15 is 0 Å². The number of nitrogens with zero attached hydrogens (tertiary/aromatic N) is 3. The minimum atomic E-state index is 0.452. The zero-order valence-electron chi connectivity index (χ0n) is 10.8. The van der Waals surface area contributed by atoms with Gasteiger partial charge in [0.15, 0.2) is 0 Å². The molecule has 0 radical (unpaired) electrons. The summed E-state index contributed by atoms with van der Waals surface area (Å²) in [5.41, 5.74) is 6.23. The van der Waals surface area contributed by atoms with Crippen LogP contribution >= 0.6 is 11.6 Å². The molecule has 5 nitrogen and oxygen atoms in total. The monoisotopic (exact) mass is 280 g/mol. The third-order valence-corrected chi connectivity index (χ3v) is 3.05. The van der Waals surface area contributed by atoms with Crippen molar-refractivity contribution < 1.29 is 4.42 Å². The highest BCUT2D eigenvalue weighted by molar-refractivity contribution is 6.33. The van der Waals surface area contributed by atoms with Crippen molar-refractivity contribution >= 4 is 11.6 Å². The highest BCUT2D eigenvalue weighted by Gasteiger charge is 2.12. The number of benzene rings is 1. The van der Waals surface area contributed by atoms with E-state index in [2.05, 4.69) is 15.1 Å². The number of rotatable bonds is 6. The lowest BCUT2D eigenvalue weighted by Gasteiger charge is -2.12. The zero-order chi connectivity index (χ0) is 13.7. The van der Waals surface area contributed by atoms with Crippen LogP contribution in [0.5, 0.6) is 0 Å². The van der Waals surface area contributed by atoms with Gasteiger partial charge in [-0.2, -0.15) is 0 Å². The molecule has 19 heavy (non-hydrogen) atoms. The minimum Gasteiger partial charge on any atom is -0.419 e. The van der Waals surface area contributed by atoms with Crippen molar-refractivity contribution in [3.8, 4) is 11.5 Å². The SMILES string of the molecule is CN(CCCN)Cc1nnc(-c2ccccc2Cl)o1. The van der Waals surface area contributed by atoms with Crippen LogP contribution in [-0.2, 0) is 6.54 Å². The van der Waals surface area contributed by atoms with E-state index in [1.165, 1.54) is 0 Å². The Morgan fingerprint density at radius 3 is 2.84 bits per heavy atom. The molecule has 0 aliphatic heterocycles. The first kappa shape index (κ1) is 14.0. The number of hydrogen-bond acceptors (Lipinski definition) is 5. The van der Waals surface area contributed by atoms with Crippen molar-refractivity contribution in [1.82, 2.24) is 15.1 Å². The molecule has 0 bridgehead atoms. The molecule has 0 saturated carbocycles. The molecule has 0 aliphatic rings. The van der Waals surface area contributed by atoms with E-state index in [-0.39, 0.29) is 0 Å². The third kappa shape index (κ3) is 3.76. The minimum absolute atomic E-state index is 0.452. The van der Waals surface area contributed by atoms with Gasteiger partial charge < -0.3 is 10.2 Å². The molecule has 2 N–H and O–H groups in total. The number of aromatic nitrogens is 2. The largest absolute Gasteiger partial charge is 0.419 e. The summed E-state index contributed by atoms with van der Waals surface area (Å²) in [6, 6.07) is 7.41. The maximum Gasteiger partial charge on any atom is 0.249 e. The molecule has 0 aliphatic carbocycles. The van der Waals surface area contributed by atoms with Gasteiger partial charge in [0.05, 0.1) is 17.1 Å². The first-order valence-corrected chi connectivity index (χ1v) is 6.54. The molecular formula is C13H17ClN4O.